The molecule has 2 rings (SSSR count). The molecular weight excluding hydrogens is 406 g/mol. The van der Waals surface area contributed by atoms with Crippen molar-refractivity contribution in [2.75, 3.05) is 40.5 Å². The third-order valence-electron chi connectivity index (χ3n) is 6.01. The van der Waals surface area contributed by atoms with E-state index in [4.69, 9.17) is 14.2 Å². The van der Waals surface area contributed by atoms with Gasteiger partial charge < -0.3 is 14.2 Å². The van der Waals surface area contributed by atoms with Crippen molar-refractivity contribution >= 4 is 24.0 Å². The van der Waals surface area contributed by atoms with E-state index in [0.717, 1.165) is 45.6 Å². The van der Waals surface area contributed by atoms with Gasteiger partial charge in [0.15, 0.2) is 0 Å². The van der Waals surface area contributed by atoms with E-state index >= 15 is 0 Å². The second kappa shape index (κ2) is 13.8. The molecule has 0 bridgehead atoms. The minimum atomic E-state index is -0.245. The fourth-order valence-electron chi connectivity index (χ4n) is 4.24. The van der Waals surface area contributed by atoms with Crippen LogP contribution in [0, 0.1) is 0 Å². The summed E-state index contributed by atoms with van der Waals surface area (Å²) in [6.07, 6.45) is 8.61. The molecule has 0 saturated carbocycles. The SMILES string of the molecule is CCCCC(CCCCCC1=C(C)C(=O)C(OC)=C(OC)C1=O)N1CCOCC1.Cl. The Morgan fingerprint density at radius 2 is 1.53 bits per heavy atom. The van der Waals surface area contributed by atoms with Crippen molar-refractivity contribution in [3.63, 3.8) is 0 Å². The number of unbranched alkanes of at least 4 members (excludes halogenated alkanes) is 3. The van der Waals surface area contributed by atoms with Gasteiger partial charge in [-0.2, -0.15) is 0 Å². The molecule has 1 aliphatic heterocycles. The van der Waals surface area contributed by atoms with Crippen LogP contribution in [-0.4, -0.2) is 63.0 Å². The lowest BCUT2D eigenvalue weighted by Gasteiger charge is -2.34. The number of morpholine rings is 1. The molecule has 0 amide bonds. The number of ketones is 2. The lowest BCUT2D eigenvalue weighted by atomic mass is 9.89. The van der Waals surface area contributed by atoms with E-state index in [1.807, 2.05) is 0 Å². The largest absolute Gasteiger partial charge is 0.489 e. The molecule has 6 nitrogen and oxygen atoms in total. The Labute approximate surface area is 187 Å². The molecule has 7 heteroatoms. The van der Waals surface area contributed by atoms with Gasteiger partial charge in [0.05, 0.1) is 27.4 Å². The molecule has 1 heterocycles. The summed E-state index contributed by atoms with van der Waals surface area (Å²) in [6, 6.07) is 0.630. The number of Topliss-reactive ketones (excluding diaryl/α,β-unsaturated/α-hetero) is 2. The number of carbonyl (C=O) groups is 2. The number of ether oxygens (including phenoxy) is 3. The van der Waals surface area contributed by atoms with Gasteiger partial charge in [-0.05, 0) is 32.6 Å². The molecule has 1 aliphatic carbocycles. The first-order valence-corrected chi connectivity index (χ1v) is 11.0. The Bertz CT molecular complexity index is 638. The Kier molecular flexibility index (Phi) is 12.3. The Balaban J connectivity index is 0.00000450. The van der Waals surface area contributed by atoms with E-state index in [2.05, 4.69) is 11.8 Å². The van der Waals surface area contributed by atoms with Gasteiger partial charge in [0.25, 0.3) is 0 Å². The van der Waals surface area contributed by atoms with Crippen LogP contribution in [0.1, 0.15) is 65.2 Å². The van der Waals surface area contributed by atoms with Crippen LogP contribution in [0.3, 0.4) is 0 Å². The highest BCUT2D eigenvalue weighted by Crippen LogP contribution is 2.29. The molecular formula is C23H38ClNO5. The van der Waals surface area contributed by atoms with Gasteiger partial charge in [-0.15, -0.1) is 12.4 Å². The molecule has 0 radical (unpaired) electrons. The standard InChI is InChI=1S/C23H37NO5.ClH/c1-5-6-10-18(24-13-15-29-16-14-24)11-8-7-9-12-19-17(2)20(25)22(27-3)23(28-4)21(19)26;/h18H,5-16H2,1-4H3;1H. The second-order valence-electron chi connectivity index (χ2n) is 7.87. The molecule has 172 valence electrons. The first kappa shape index (κ1) is 26.7. The Hall–Kier alpha value is -1.37. The maximum absolute atomic E-state index is 12.7. The van der Waals surface area contributed by atoms with Crippen LogP contribution in [0.15, 0.2) is 22.7 Å². The van der Waals surface area contributed by atoms with Gasteiger partial charge in [-0.3, -0.25) is 14.5 Å². The summed E-state index contributed by atoms with van der Waals surface area (Å²) >= 11 is 0. The molecule has 30 heavy (non-hydrogen) atoms. The average molecular weight is 444 g/mol. The molecule has 1 unspecified atom stereocenters. The van der Waals surface area contributed by atoms with Crippen molar-refractivity contribution in [1.82, 2.24) is 4.90 Å². The molecule has 0 N–H and O–H groups in total. The molecule has 2 aliphatic rings. The third kappa shape index (κ3) is 6.82. The fraction of sp³-hybridized carbons (Fsp3) is 0.739. The summed E-state index contributed by atoms with van der Waals surface area (Å²) in [4.78, 5) is 27.7. The molecule has 0 spiro atoms. The number of allylic oxidation sites excluding steroid dienone is 2. The van der Waals surface area contributed by atoms with E-state index in [-0.39, 0.29) is 35.5 Å². The van der Waals surface area contributed by atoms with Gasteiger partial charge in [0.2, 0.25) is 23.1 Å². The van der Waals surface area contributed by atoms with Gasteiger partial charge in [-0.1, -0.05) is 32.6 Å². The summed E-state index contributed by atoms with van der Waals surface area (Å²) in [5.74, 6) is -0.408. The van der Waals surface area contributed by atoms with Crippen LogP contribution in [0.2, 0.25) is 0 Å². The molecule has 0 aromatic heterocycles. The van der Waals surface area contributed by atoms with Crippen LogP contribution in [-0.2, 0) is 23.8 Å². The smallest absolute Gasteiger partial charge is 0.228 e. The summed E-state index contributed by atoms with van der Waals surface area (Å²) in [7, 11) is 2.79. The van der Waals surface area contributed by atoms with Gasteiger partial charge in [-0.25, -0.2) is 0 Å². The van der Waals surface area contributed by atoms with Gasteiger partial charge in [0, 0.05) is 30.3 Å². The van der Waals surface area contributed by atoms with Crippen LogP contribution in [0.5, 0.6) is 0 Å². The zero-order chi connectivity index (χ0) is 21.2. The number of methoxy groups -OCH3 is 2. The van der Waals surface area contributed by atoms with E-state index in [0.29, 0.717) is 23.6 Å². The topological polar surface area (TPSA) is 65.1 Å². The number of nitrogens with zero attached hydrogens (tertiary/aromatic N) is 1. The summed E-state index contributed by atoms with van der Waals surface area (Å²) in [5, 5.41) is 0. The fourth-order valence-corrected chi connectivity index (χ4v) is 4.24. The lowest BCUT2D eigenvalue weighted by molar-refractivity contribution is -0.121. The normalized spacial score (nSPS) is 19.1. The minimum absolute atomic E-state index is 0. The Morgan fingerprint density at radius 3 is 2.13 bits per heavy atom. The Morgan fingerprint density at radius 1 is 0.933 bits per heavy atom. The van der Waals surface area contributed by atoms with E-state index < -0.39 is 0 Å². The number of hydrogen-bond acceptors (Lipinski definition) is 6. The molecule has 0 aromatic carbocycles. The summed E-state index contributed by atoms with van der Waals surface area (Å²) in [6.45, 7) is 7.69. The van der Waals surface area contributed by atoms with Crippen molar-refractivity contribution in [3.8, 4) is 0 Å². The number of halogens is 1. The van der Waals surface area contributed by atoms with E-state index in [1.54, 1.807) is 6.92 Å². The van der Waals surface area contributed by atoms with Crippen molar-refractivity contribution < 1.29 is 23.8 Å². The maximum Gasteiger partial charge on any atom is 0.228 e. The minimum Gasteiger partial charge on any atom is -0.489 e. The van der Waals surface area contributed by atoms with Crippen molar-refractivity contribution in [2.45, 2.75) is 71.3 Å². The zero-order valence-electron chi connectivity index (χ0n) is 19.0. The first-order valence-electron chi connectivity index (χ1n) is 11.0. The van der Waals surface area contributed by atoms with Crippen LogP contribution in [0.4, 0.5) is 0 Å². The molecule has 1 atom stereocenters. The summed E-state index contributed by atoms with van der Waals surface area (Å²) in [5.41, 5.74) is 1.06. The predicted molar refractivity (Wildman–Crippen MR) is 120 cm³/mol. The van der Waals surface area contributed by atoms with Crippen LogP contribution >= 0.6 is 12.4 Å². The van der Waals surface area contributed by atoms with Gasteiger partial charge >= 0.3 is 0 Å². The van der Waals surface area contributed by atoms with E-state index in [1.165, 1.54) is 39.9 Å². The zero-order valence-corrected chi connectivity index (χ0v) is 19.8. The number of hydrogen-bond donors (Lipinski definition) is 0. The number of rotatable bonds is 12. The highest BCUT2D eigenvalue weighted by molar-refractivity contribution is 6.23. The van der Waals surface area contributed by atoms with Crippen molar-refractivity contribution in [1.29, 1.82) is 0 Å². The quantitative estimate of drug-likeness (QED) is 0.332. The highest BCUT2D eigenvalue weighted by Gasteiger charge is 2.34. The van der Waals surface area contributed by atoms with Crippen LogP contribution in [0.25, 0.3) is 0 Å². The third-order valence-corrected chi connectivity index (χ3v) is 6.01. The van der Waals surface area contributed by atoms with Crippen molar-refractivity contribution in [3.05, 3.63) is 22.7 Å². The first-order chi connectivity index (χ1) is 14.0. The summed E-state index contributed by atoms with van der Waals surface area (Å²) < 4.78 is 15.7. The molecule has 1 saturated heterocycles. The highest BCUT2D eigenvalue weighted by atomic mass is 35.5. The monoisotopic (exact) mass is 443 g/mol. The lowest BCUT2D eigenvalue weighted by Crippen LogP contribution is -2.43. The van der Waals surface area contributed by atoms with Gasteiger partial charge in [0.1, 0.15) is 0 Å². The van der Waals surface area contributed by atoms with E-state index in [9.17, 15) is 9.59 Å². The molecule has 1 fully saturated rings. The second-order valence-corrected chi connectivity index (χ2v) is 7.87. The predicted octanol–water partition coefficient (Wildman–Crippen LogP) is 4.22. The number of carbonyl (C=O) groups excluding carboxylic acids is 2. The molecule has 0 aromatic rings. The van der Waals surface area contributed by atoms with Crippen LogP contribution < -0.4 is 0 Å². The maximum atomic E-state index is 12.7. The average Bonchev–Trinajstić information content (AvgIpc) is 2.75. The van der Waals surface area contributed by atoms with Crippen molar-refractivity contribution in [2.24, 2.45) is 0 Å².